The number of benzene rings is 2. The van der Waals surface area contributed by atoms with Gasteiger partial charge in [-0.15, -0.1) is 0 Å². The Morgan fingerprint density at radius 2 is 1.69 bits per heavy atom. The molecule has 4 rings (SSSR count). The Kier molecular flexibility index (Phi) is 8.54. The first-order chi connectivity index (χ1) is 18.5. The maximum atomic E-state index is 13.0. The fourth-order valence-electron chi connectivity index (χ4n) is 4.46. The molecule has 0 spiro atoms. The van der Waals surface area contributed by atoms with Crippen LogP contribution in [-0.4, -0.2) is 42.8 Å². The normalized spacial score (nSPS) is 14.6. The lowest BCUT2D eigenvalue weighted by Crippen LogP contribution is -2.32. The van der Waals surface area contributed by atoms with Gasteiger partial charge in [0.1, 0.15) is 17.4 Å². The molecule has 0 atom stereocenters. The van der Waals surface area contributed by atoms with Crippen LogP contribution in [0.4, 0.5) is 34.6 Å². The number of nitrogens with two attached hydrogens (primary N) is 1. The van der Waals surface area contributed by atoms with Crippen LogP contribution in [0.15, 0.2) is 47.4 Å². The molecule has 1 fully saturated rings. The molecule has 1 aliphatic heterocycles. The van der Waals surface area contributed by atoms with E-state index in [2.05, 4.69) is 44.6 Å². The van der Waals surface area contributed by atoms with Gasteiger partial charge in [0.25, 0.3) is 0 Å². The zero-order valence-electron chi connectivity index (χ0n) is 23.7. The summed E-state index contributed by atoms with van der Waals surface area (Å²) in [5, 5.41) is 5.89. The molecule has 1 aromatic heterocycles. The molecule has 210 valence electrons. The molecule has 0 bridgehead atoms. The number of piperidine rings is 1. The lowest BCUT2D eigenvalue weighted by atomic mass is 9.99. The van der Waals surface area contributed by atoms with E-state index in [9.17, 15) is 8.42 Å². The van der Waals surface area contributed by atoms with Gasteiger partial charge in [-0.2, -0.15) is 9.97 Å². The smallest absolute Gasteiger partial charge is 0.231 e. The molecule has 0 saturated carbocycles. The van der Waals surface area contributed by atoms with Crippen molar-refractivity contribution in [1.82, 2.24) is 9.97 Å². The van der Waals surface area contributed by atoms with E-state index in [-0.39, 0.29) is 22.8 Å². The molecule has 3 aromatic rings. The van der Waals surface area contributed by atoms with Gasteiger partial charge in [0.15, 0.2) is 9.84 Å². The first-order valence-electron chi connectivity index (χ1n) is 13.5. The Morgan fingerprint density at radius 1 is 1.00 bits per heavy atom. The molecule has 39 heavy (non-hydrogen) atoms. The van der Waals surface area contributed by atoms with E-state index in [0.29, 0.717) is 22.8 Å². The zero-order valence-corrected chi connectivity index (χ0v) is 24.5. The van der Waals surface area contributed by atoms with E-state index in [1.165, 1.54) is 12.8 Å². The molecule has 4 N–H and O–H groups in total. The monoisotopic (exact) mass is 552 g/mol. The summed E-state index contributed by atoms with van der Waals surface area (Å²) in [7, 11) is -3.52. The number of hydrogen-bond acceptors (Lipinski definition) is 9. The number of aromatic nitrogens is 2. The second-order valence-electron chi connectivity index (χ2n) is 10.8. The third kappa shape index (κ3) is 6.55. The van der Waals surface area contributed by atoms with E-state index in [1.54, 1.807) is 45.0 Å². The number of rotatable bonds is 9. The van der Waals surface area contributed by atoms with Crippen molar-refractivity contribution in [1.29, 1.82) is 0 Å². The highest BCUT2D eigenvalue weighted by atomic mass is 32.2. The first-order valence-corrected chi connectivity index (χ1v) is 15.1. The summed E-state index contributed by atoms with van der Waals surface area (Å²) >= 11 is 0. The number of para-hydroxylation sites is 1. The molecule has 0 aliphatic carbocycles. The van der Waals surface area contributed by atoms with Crippen LogP contribution in [0.25, 0.3) is 0 Å². The van der Waals surface area contributed by atoms with Gasteiger partial charge in [0.2, 0.25) is 5.95 Å². The van der Waals surface area contributed by atoms with Crippen LogP contribution in [0.3, 0.4) is 0 Å². The summed E-state index contributed by atoms with van der Waals surface area (Å²) in [6, 6.07) is 12.9. The quantitative estimate of drug-likeness (QED) is 0.291. The molecule has 0 radical (unpaired) electrons. The van der Waals surface area contributed by atoms with E-state index < -0.39 is 15.1 Å². The van der Waals surface area contributed by atoms with Crippen LogP contribution in [0, 0.1) is 12.8 Å². The molecule has 10 heteroatoms. The number of nitrogens with zero attached hydrogens (tertiary/aromatic N) is 3. The predicted molar refractivity (Wildman–Crippen MR) is 159 cm³/mol. The van der Waals surface area contributed by atoms with Gasteiger partial charge in [0.05, 0.1) is 27.6 Å². The fraction of sp³-hybridized carbons (Fsp3) is 0.448. The van der Waals surface area contributed by atoms with Crippen molar-refractivity contribution < 1.29 is 13.2 Å². The highest BCUT2D eigenvalue weighted by molar-refractivity contribution is 7.92. The SMILES string of the molecule is Cc1c(N)nc(Nc2ccc(N3CCC(C)CC3)cc2OC(C)C)nc1Nc1ccccc1S(=O)(=O)C(C)C. The van der Waals surface area contributed by atoms with Crippen molar-refractivity contribution in [2.45, 2.75) is 70.6 Å². The van der Waals surface area contributed by atoms with Gasteiger partial charge in [-0.1, -0.05) is 19.1 Å². The zero-order chi connectivity index (χ0) is 28.3. The maximum absolute atomic E-state index is 13.0. The molecule has 1 aliphatic rings. The minimum Gasteiger partial charge on any atom is -0.489 e. The number of sulfone groups is 1. The van der Waals surface area contributed by atoms with Gasteiger partial charge < -0.3 is 26.0 Å². The highest BCUT2D eigenvalue weighted by Gasteiger charge is 2.24. The second kappa shape index (κ2) is 11.7. The standard InChI is InChI=1S/C29H40N6O3S/c1-18(2)38-25-17-22(35-15-13-20(5)14-16-35)11-12-23(25)32-29-33-27(30)21(6)28(34-29)31-24-9-7-8-10-26(24)39(36,37)19(3)4/h7-12,17-20H,13-16H2,1-6H3,(H4,30,31,32,33,34). The van der Waals surface area contributed by atoms with Crippen molar-refractivity contribution in [3.8, 4) is 5.75 Å². The summed E-state index contributed by atoms with van der Waals surface area (Å²) in [4.78, 5) is 11.7. The van der Waals surface area contributed by atoms with Crippen LogP contribution in [-0.2, 0) is 9.84 Å². The van der Waals surface area contributed by atoms with Crippen molar-refractivity contribution in [2.75, 3.05) is 34.4 Å². The molecular weight excluding hydrogens is 512 g/mol. The summed E-state index contributed by atoms with van der Waals surface area (Å²) in [6.45, 7) is 13.4. The van der Waals surface area contributed by atoms with Crippen molar-refractivity contribution in [3.05, 3.63) is 48.0 Å². The third-order valence-electron chi connectivity index (χ3n) is 6.97. The Balaban J connectivity index is 1.66. The van der Waals surface area contributed by atoms with Gasteiger partial charge in [0, 0.05) is 30.4 Å². The maximum Gasteiger partial charge on any atom is 0.231 e. The largest absolute Gasteiger partial charge is 0.489 e. The lowest BCUT2D eigenvalue weighted by Gasteiger charge is -2.32. The van der Waals surface area contributed by atoms with Crippen molar-refractivity contribution >= 4 is 44.5 Å². The van der Waals surface area contributed by atoms with Gasteiger partial charge in [-0.05, 0) is 77.6 Å². The molecular formula is C29H40N6O3S. The summed E-state index contributed by atoms with van der Waals surface area (Å²) < 4.78 is 32.1. The minimum atomic E-state index is -3.52. The Morgan fingerprint density at radius 3 is 2.36 bits per heavy atom. The van der Waals surface area contributed by atoms with Crippen LogP contribution < -0.4 is 26.0 Å². The van der Waals surface area contributed by atoms with Crippen LogP contribution >= 0.6 is 0 Å². The molecule has 2 heterocycles. The topological polar surface area (TPSA) is 122 Å². The van der Waals surface area contributed by atoms with Crippen LogP contribution in [0.2, 0.25) is 0 Å². The summed E-state index contributed by atoms with van der Waals surface area (Å²) in [6.07, 6.45) is 2.32. The van der Waals surface area contributed by atoms with E-state index in [4.69, 9.17) is 10.5 Å². The summed E-state index contributed by atoms with van der Waals surface area (Å²) in [5.41, 5.74) is 9.15. The molecule has 2 aromatic carbocycles. The van der Waals surface area contributed by atoms with Gasteiger partial charge in [-0.25, -0.2) is 8.42 Å². The van der Waals surface area contributed by atoms with Gasteiger partial charge >= 0.3 is 0 Å². The molecule has 9 nitrogen and oxygen atoms in total. The molecule has 0 amide bonds. The number of ether oxygens (including phenoxy) is 1. The number of anilines is 6. The average molecular weight is 553 g/mol. The molecule has 1 saturated heterocycles. The van der Waals surface area contributed by atoms with Crippen molar-refractivity contribution in [3.63, 3.8) is 0 Å². The Labute approximate surface area is 232 Å². The van der Waals surface area contributed by atoms with Crippen LogP contribution in [0.1, 0.15) is 53.0 Å². The highest BCUT2D eigenvalue weighted by Crippen LogP contribution is 2.35. The number of nitrogens with one attached hydrogen (secondary N) is 2. The van der Waals surface area contributed by atoms with E-state index in [1.807, 2.05) is 19.9 Å². The Bertz CT molecular complexity index is 1420. The predicted octanol–water partition coefficient (Wildman–Crippen LogP) is 6.06. The molecule has 0 unspecified atom stereocenters. The second-order valence-corrected chi connectivity index (χ2v) is 13.2. The Hall–Kier alpha value is -3.53. The fourth-order valence-corrected chi connectivity index (χ4v) is 5.66. The third-order valence-corrected chi connectivity index (χ3v) is 9.18. The first kappa shape index (κ1) is 28.5. The lowest BCUT2D eigenvalue weighted by molar-refractivity contribution is 0.244. The van der Waals surface area contributed by atoms with Gasteiger partial charge in [-0.3, -0.25) is 0 Å². The van der Waals surface area contributed by atoms with Crippen LogP contribution in [0.5, 0.6) is 5.75 Å². The number of hydrogen-bond donors (Lipinski definition) is 3. The summed E-state index contributed by atoms with van der Waals surface area (Å²) in [5.74, 6) is 2.43. The van der Waals surface area contributed by atoms with Crippen molar-refractivity contribution in [2.24, 2.45) is 5.92 Å². The minimum absolute atomic E-state index is 0.0252. The average Bonchev–Trinajstić information content (AvgIpc) is 2.88. The van der Waals surface area contributed by atoms with E-state index >= 15 is 0 Å². The number of nitrogen functional groups attached to an aromatic ring is 1. The van der Waals surface area contributed by atoms with E-state index in [0.717, 1.165) is 30.4 Å².